The largest absolute Gasteiger partial charge is 0.370 e. The van der Waals surface area contributed by atoms with Gasteiger partial charge in [-0.25, -0.2) is 0 Å². The maximum absolute atomic E-state index is 10.5. The second-order valence-corrected chi connectivity index (χ2v) is 3.41. The predicted molar refractivity (Wildman–Crippen MR) is 51.6 cm³/mol. The van der Waals surface area contributed by atoms with Gasteiger partial charge in [0.15, 0.2) is 0 Å². The van der Waals surface area contributed by atoms with Crippen molar-refractivity contribution in [2.75, 3.05) is 0 Å². The second-order valence-electron chi connectivity index (χ2n) is 3.41. The van der Waals surface area contributed by atoms with Crippen LogP contribution in [0.1, 0.15) is 40.0 Å². The van der Waals surface area contributed by atoms with Gasteiger partial charge in [-0.05, 0) is 19.3 Å². The minimum absolute atomic E-state index is 0.219. The first-order valence-electron chi connectivity index (χ1n) is 4.51. The molecule has 1 amide bonds. The summed E-state index contributed by atoms with van der Waals surface area (Å²) < 4.78 is 0. The molecule has 0 aliphatic heterocycles. The third-order valence-corrected chi connectivity index (χ3v) is 1.74. The van der Waals surface area contributed by atoms with Crippen molar-refractivity contribution >= 4 is 5.91 Å². The summed E-state index contributed by atoms with van der Waals surface area (Å²) in [5, 5.41) is 0. The van der Waals surface area contributed by atoms with Crippen LogP contribution in [0.3, 0.4) is 0 Å². The first-order chi connectivity index (χ1) is 5.56. The van der Waals surface area contributed by atoms with Crippen molar-refractivity contribution in [2.45, 2.75) is 40.0 Å². The average Bonchev–Trinajstić information content (AvgIpc) is 1.84. The van der Waals surface area contributed by atoms with Gasteiger partial charge in [0.1, 0.15) is 0 Å². The lowest BCUT2D eigenvalue weighted by atomic mass is 10.0. The van der Waals surface area contributed by atoms with Gasteiger partial charge in [0.25, 0.3) is 0 Å². The molecule has 0 spiro atoms. The van der Waals surface area contributed by atoms with Gasteiger partial charge in [-0.2, -0.15) is 0 Å². The Hall–Kier alpha value is -0.790. The highest BCUT2D eigenvalue weighted by molar-refractivity contribution is 5.74. The van der Waals surface area contributed by atoms with Crippen LogP contribution in [0.25, 0.3) is 0 Å². The molecule has 0 aliphatic rings. The average molecular weight is 169 g/mol. The van der Waals surface area contributed by atoms with Crippen molar-refractivity contribution in [3.8, 4) is 0 Å². The van der Waals surface area contributed by atoms with Gasteiger partial charge in [0.05, 0.1) is 0 Å². The molecule has 0 aliphatic carbocycles. The Balaban J connectivity index is 3.86. The minimum atomic E-state index is -0.219. The fourth-order valence-corrected chi connectivity index (χ4v) is 1.34. The fourth-order valence-electron chi connectivity index (χ4n) is 1.34. The molecule has 0 fully saturated rings. The van der Waals surface area contributed by atoms with Crippen LogP contribution in [0.15, 0.2) is 11.6 Å². The van der Waals surface area contributed by atoms with Crippen molar-refractivity contribution in [1.82, 2.24) is 0 Å². The van der Waals surface area contributed by atoms with E-state index in [0.29, 0.717) is 6.42 Å². The van der Waals surface area contributed by atoms with Crippen LogP contribution >= 0.6 is 0 Å². The summed E-state index contributed by atoms with van der Waals surface area (Å²) in [6, 6.07) is 0. The van der Waals surface area contributed by atoms with Crippen LogP contribution in [0, 0.1) is 5.92 Å². The van der Waals surface area contributed by atoms with E-state index in [9.17, 15) is 4.79 Å². The molecule has 0 saturated heterocycles. The summed E-state index contributed by atoms with van der Waals surface area (Å²) >= 11 is 0. The summed E-state index contributed by atoms with van der Waals surface area (Å²) in [5.74, 6) is 0.0668. The van der Waals surface area contributed by atoms with Gasteiger partial charge >= 0.3 is 0 Å². The van der Waals surface area contributed by atoms with E-state index in [1.165, 1.54) is 5.57 Å². The number of primary amides is 1. The Bertz CT molecular complexity index is 173. The van der Waals surface area contributed by atoms with Gasteiger partial charge < -0.3 is 5.73 Å². The van der Waals surface area contributed by atoms with Gasteiger partial charge in [-0.15, -0.1) is 0 Å². The lowest BCUT2D eigenvalue weighted by Crippen LogP contribution is -2.13. The number of carbonyl (C=O) groups is 1. The smallest absolute Gasteiger partial charge is 0.217 e. The molecule has 0 aromatic heterocycles. The number of carbonyl (C=O) groups excluding carboxylic acids is 1. The molecule has 0 aromatic rings. The lowest BCUT2D eigenvalue weighted by Gasteiger charge is -2.04. The predicted octanol–water partition coefficient (Wildman–Crippen LogP) is 2.24. The lowest BCUT2D eigenvalue weighted by molar-refractivity contribution is -0.118. The summed E-state index contributed by atoms with van der Waals surface area (Å²) in [5.41, 5.74) is 6.43. The van der Waals surface area contributed by atoms with E-state index in [2.05, 4.69) is 19.9 Å². The van der Waals surface area contributed by atoms with Crippen LogP contribution in [0.2, 0.25) is 0 Å². The van der Waals surface area contributed by atoms with Crippen molar-refractivity contribution in [3.63, 3.8) is 0 Å². The van der Waals surface area contributed by atoms with Crippen molar-refractivity contribution < 1.29 is 4.79 Å². The highest BCUT2D eigenvalue weighted by Gasteiger charge is 2.02. The molecule has 1 atom stereocenters. The molecule has 0 bridgehead atoms. The highest BCUT2D eigenvalue weighted by atomic mass is 16.1. The van der Waals surface area contributed by atoms with Gasteiger partial charge in [-0.3, -0.25) is 4.79 Å². The Morgan fingerprint density at radius 2 is 2.17 bits per heavy atom. The van der Waals surface area contributed by atoms with Gasteiger partial charge in [-0.1, -0.05) is 31.9 Å². The normalized spacial score (nSPS) is 14.4. The first-order valence-corrected chi connectivity index (χ1v) is 4.51. The topological polar surface area (TPSA) is 43.1 Å². The van der Waals surface area contributed by atoms with Crippen molar-refractivity contribution in [2.24, 2.45) is 11.7 Å². The molecule has 0 heterocycles. The van der Waals surface area contributed by atoms with E-state index in [-0.39, 0.29) is 11.8 Å². The number of hydrogen-bond acceptors (Lipinski definition) is 1. The summed E-state index contributed by atoms with van der Waals surface area (Å²) in [7, 11) is 0. The number of rotatable bonds is 5. The van der Waals surface area contributed by atoms with E-state index in [4.69, 9.17) is 5.73 Å². The molecule has 1 unspecified atom stereocenters. The minimum Gasteiger partial charge on any atom is -0.370 e. The molecule has 12 heavy (non-hydrogen) atoms. The summed E-state index contributed by atoms with van der Waals surface area (Å²) in [6.07, 6.45) is 4.87. The summed E-state index contributed by atoms with van der Waals surface area (Å²) in [6.45, 7) is 6.26. The molecule has 70 valence electrons. The molecular formula is C10H19NO. The van der Waals surface area contributed by atoms with E-state index in [1.807, 2.05) is 6.92 Å². The molecular weight excluding hydrogens is 150 g/mol. The molecule has 2 nitrogen and oxygen atoms in total. The zero-order valence-electron chi connectivity index (χ0n) is 8.26. The van der Waals surface area contributed by atoms with E-state index < -0.39 is 0 Å². The Morgan fingerprint density at radius 1 is 1.58 bits per heavy atom. The van der Waals surface area contributed by atoms with E-state index >= 15 is 0 Å². The van der Waals surface area contributed by atoms with Crippen LogP contribution in [-0.4, -0.2) is 5.91 Å². The van der Waals surface area contributed by atoms with Gasteiger partial charge in [0, 0.05) is 6.42 Å². The maximum atomic E-state index is 10.5. The third-order valence-electron chi connectivity index (χ3n) is 1.74. The fraction of sp³-hybridized carbons (Fsp3) is 0.700. The SMILES string of the molecule is CCC/C(C)=C\C(C)CC(N)=O. The van der Waals surface area contributed by atoms with Crippen molar-refractivity contribution in [3.05, 3.63) is 11.6 Å². The standard InChI is InChI=1S/C10H19NO/c1-4-5-8(2)6-9(3)7-10(11)12/h6,9H,4-5,7H2,1-3H3,(H2,11,12)/b8-6-. The Labute approximate surface area is 74.8 Å². The second kappa shape index (κ2) is 5.81. The highest BCUT2D eigenvalue weighted by Crippen LogP contribution is 2.10. The van der Waals surface area contributed by atoms with Crippen LogP contribution in [0.4, 0.5) is 0 Å². The number of amides is 1. The van der Waals surface area contributed by atoms with Crippen LogP contribution in [-0.2, 0) is 4.79 Å². The molecule has 0 radical (unpaired) electrons. The molecule has 0 saturated carbocycles. The summed E-state index contributed by atoms with van der Waals surface area (Å²) in [4.78, 5) is 10.5. The Morgan fingerprint density at radius 3 is 2.58 bits per heavy atom. The third kappa shape index (κ3) is 5.96. The van der Waals surface area contributed by atoms with E-state index in [0.717, 1.165) is 12.8 Å². The van der Waals surface area contributed by atoms with Gasteiger partial charge in [0.2, 0.25) is 5.91 Å². The monoisotopic (exact) mass is 169 g/mol. The molecule has 2 heteroatoms. The number of allylic oxidation sites excluding steroid dienone is 2. The van der Waals surface area contributed by atoms with E-state index in [1.54, 1.807) is 0 Å². The molecule has 2 N–H and O–H groups in total. The molecule has 0 aromatic carbocycles. The molecule has 0 rings (SSSR count). The number of nitrogens with two attached hydrogens (primary N) is 1. The zero-order chi connectivity index (χ0) is 9.56. The maximum Gasteiger partial charge on any atom is 0.217 e. The van der Waals surface area contributed by atoms with Crippen LogP contribution in [0.5, 0.6) is 0 Å². The quantitative estimate of drug-likeness (QED) is 0.630. The number of hydrogen-bond donors (Lipinski definition) is 1. The van der Waals surface area contributed by atoms with Crippen LogP contribution < -0.4 is 5.73 Å². The first kappa shape index (κ1) is 11.2. The van der Waals surface area contributed by atoms with Crippen molar-refractivity contribution in [1.29, 1.82) is 0 Å². The Kier molecular flexibility index (Phi) is 5.43. The zero-order valence-corrected chi connectivity index (χ0v) is 8.26.